The second-order valence-electron chi connectivity index (χ2n) is 8.31. The smallest absolute Gasteiger partial charge is 0.326 e. The van der Waals surface area contributed by atoms with Crippen molar-refractivity contribution in [2.45, 2.75) is 6.54 Å². The highest BCUT2D eigenvalue weighted by atomic mass is 16.6. The molecule has 0 aliphatic carbocycles. The molecule has 2 heterocycles. The standard InChI is InChI=1S/C26H20N6O5/c27-13-15-1-5-16(6-2-15)23(22-19-12-18(32(36)37)9-10-20(19)29-25(22)34)28-17-7-3-14(4-8-17)11-21-24(33)31-26(35)30-21/h1-12,28H,13,27H2,(H,29,34)(H2,30,31,33,35)/b21-11-,23-22?. The molecule has 3 aromatic carbocycles. The van der Waals surface area contributed by atoms with E-state index in [0.717, 1.165) is 5.56 Å². The summed E-state index contributed by atoms with van der Waals surface area (Å²) < 4.78 is 0. The lowest BCUT2D eigenvalue weighted by Crippen LogP contribution is -2.22. The lowest BCUT2D eigenvalue weighted by molar-refractivity contribution is -0.384. The van der Waals surface area contributed by atoms with Gasteiger partial charge in [-0.25, -0.2) is 4.79 Å². The molecule has 0 spiro atoms. The Morgan fingerprint density at radius 1 is 0.919 bits per heavy atom. The number of carbonyl (C=O) groups is 3. The van der Waals surface area contributed by atoms with Gasteiger partial charge in [-0.2, -0.15) is 0 Å². The zero-order valence-corrected chi connectivity index (χ0v) is 19.2. The number of nitrogens with two attached hydrogens (primary N) is 1. The van der Waals surface area contributed by atoms with E-state index in [1.54, 1.807) is 24.3 Å². The number of nitro benzene ring substituents is 1. The number of nitrogens with zero attached hydrogens (tertiary/aromatic N) is 1. The zero-order valence-electron chi connectivity index (χ0n) is 19.2. The van der Waals surface area contributed by atoms with Crippen molar-refractivity contribution in [3.63, 3.8) is 0 Å². The fraction of sp³-hybridized carbons (Fsp3) is 0.0385. The Morgan fingerprint density at radius 3 is 2.27 bits per heavy atom. The second-order valence-corrected chi connectivity index (χ2v) is 8.31. The van der Waals surface area contributed by atoms with Gasteiger partial charge in [-0.05, 0) is 41.0 Å². The van der Waals surface area contributed by atoms with Crippen LogP contribution in [0.1, 0.15) is 22.3 Å². The van der Waals surface area contributed by atoms with Gasteiger partial charge in [-0.15, -0.1) is 0 Å². The second kappa shape index (κ2) is 9.40. The SMILES string of the molecule is NCc1ccc(C(Nc2ccc(/C=C3\NC(=O)NC3=O)cc2)=C2C(=O)Nc3ccc([N+](=O)[O-])cc32)cc1. The molecule has 11 nitrogen and oxygen atoms in total. The number of hydrogen-bond donors (Lipinski definition) is 5. The largest absolute Gasteiger partial charge is 0.354 e. The Labute approximate surface area is 210 Å². The first kappa shape index (κ1) is 23.5. The number of imide groups is 1. The third-order valence-electron chi connectivity index (χ3n) is 5.90. The zero-order chi connectivity index (χ0) is 26.1. The maximum Gasteiger partial charge on any atom is 0.326 e. The van der Waals surface area contributed by atoms with Crippen LogP contribution in [0.4, 0.5) is 21.9 Å². The predicted molar refractivity (Wildman–Crippen MR) is 138 cm³/mol. The summed E-state index contributed by atoms with van der Waals surface area (Å²) in [6.45, 7) is 0.352. The lowest BCUT2D eigenvalue weighted by atomic mass is 9.98. The highest BCUT2D eigenvalue weighted by molar-refractivity contribution is 6.37. The number of nitro groups is 1. The minimum atomic E-state index is -0.582. The first-order chi connectivity index (χ1) is 17.8. The van der Waals surface area contributed by atoms with Gasteiger partial charge in [0, 0.05) is 35.6 Å². The molecule has 5 rings (SSSR count). The van der Waals surface area contributed by atoms with E-state index in [9.17, 15) is 24.5 Å². The van der Waals surface area contributed by atoms with Crippen LogP contribution in [0.25, 0.3) is 17.3 Å². The van der Waals surface area contributed by atoms with Crippen LogP contribution in [0.3, 0.4) is 0 Å². The molecule has 0 saturated carbocycles. The Bertz CT molecular complexity index is 1520. The molecular formula is C26H20N6O5. The number of rotatable bonds is 6. The van der Waals surface area contributed by atoms with Crippen molar-refractivity contribution in [1.29, 1.82) is 0 Å². The average molecular weight is 496 g/mol. The summed E-state index contributed by atoms with van der Waals surface area (Å²) in [6.07, 6.45) is 1.54. The molecule has 37 heavy (non-hydrogen) atoms. The number of fused-ring (bicyclic) bond motifs is 1. The topological polar surface area (TPSA) is 168 Å². The highest BCUT2D eigenvalue weighted by Gasteiger charge is 2.30. The quantitative estimate of drug-likeness (QED) is 0.151. The van der Waals surface area contributed by atoms with Gasteiger partial charge < -0.3 is 21.7 Å². The van der Waals surface area contributed by atoms with Gasteiger partial charge in [-0.3, -0.25) is 25.0 Å². The number of non-ortho nitro benzene ring substituents is 1. The molecule has 1 fully saturated rings. The third-order valence-corrected chi connectivity index (χ3v) is 5.90. The van der Waals surface area contributed by atoms with E-state index in [2.05, 4.69) is 21.3 Å². The predicted octanol–water partition coefficient (Wildman–Crippen LogP) is 3.17. The monoisotopic (exact) mass is 496 g/mol. The first-order valence-corrected chi connectivity index (χ1v) is 11.2. The van der Waals surface area contributed by atoms with Crippen molar-refractivity contribution < 1.29 is 19.3 Å². The van der Waals surface area contributed by atoms with Crippen LogP contribution in [0, 0.1) is 10.1 Å². The first-order valence-electron chi connectivity index (χ1n) is 11.2. The number of carbonyl (C=O) groups excluding carboxylic acids is 3. The molecule has 11 heteroatoms. The lowest BCUT2D eigenvalue weighted by Gasteiger charge is -2.15. The summed E-state index contributed by atoms with van der Waals surface area (Å²) in [4.78, 5) is 47.1. The molecule has 3 aromatic rings. The van der Waals surface area contributed by atoms with E-state index < -0.39 is 22.8 Å². The summed E-state index contributed by atoms with van der Waals surface area (Å²) in [5.74, 6) is -0.912. The number of urea groups is 1. The molecule has 2 aliphatic rings. The molecule has 0 atom stereocenters. The summed E-state index contributed by atoms with van der Waals surface area (Å²) >= 11 is 0. The van der Waals surface area contributed by atoms with Gasteiger partial charge in [-0.1, -0.05) is 36.4 Å². The summed E-state index contributed by atoms with van der Waals surface area (Å²) in [5, 5.41) is 22.0. The van der Waals surface area contributed by atoms with Gasteiger partial charge >= 0.3 is 6.03 Å². The Balaban J connectivity index is 1.56. The van der Waals surface area contributed by atoms with Crippen molar-refractivity contribution in [2.24, 2.45) is 5.73 Å². The van der Waals surface area contributed by atoms with E-state index >= 15 is 0 Å². The van der Waals surface area contributed by atoms with Gasteiger partial charge in [0.1, 0.15) is 5.70 Å². The average Bonchev–Trinajstić information content (AvgIpc) is 3.39. The van der Waals surface area contributed by atoms with E-state index in [1.807, 2.05) is 24.3 Å². The Morgan fingerprint density at radius 2 is 1.65 bits per heavy atom. The van der Waals surface area contributed by atoms with Crippen molar-refractivity contribution in [3.8, 4) is 0 Å². The molecule has 4 amide bonds. The van der Waals surface area contributed by atoms with E-state index in [1.165, 1.54) is 24.3 Å². The van der Waals surface area contributed by atoms with E-state index in [-0.39, 0.29) is 17.0 Å². The minimum Gasteiger partial charge on any atom is -0.354 e. The van der Waals surface area contributed by atoms with E-state index in [0.29, 0.717) is 40.3 Å². The molecule has 184 valence electrons. The number of hydrogen-bond acceptors (Lipinski definition) is 7. The van der Waals surface area contributed by atoms with Crippen LogP contribution < -0.4 is 27.0 Å². The van der Waals surface area contributed by atoms with Crippen LogP contribution in [0.15, 0.2) is 72.4 Å². The number of anilines is 2. The fourth-order valence-corrected chi connectivity index (χ4v) is 4.06. The van der Waals surface area contributed by atoms with Crippen LogP contribution in [0.2, 0.25) is 0 Å². The molecule has 0 radical (unpaired) electrons. The maximum absolute atomic E-state index is 13.1. The highest BCUT2D eigenvalue weighted by Crippen LogP contribution is 2.39. The minimum absolute atomic E-state index is 0.133. The summed E-state index contributed by atoms with van der Waals surface area (Å²) in [6, 6.07) is 17.9. The third kappa shape index (κ3) is 4.66. The van der Waals surface area contributed by atoms with Gasteiger partial charge in [0.15, 0.2) is 0 Å². The van der Waals surface area contributed by atoms with E-state index in [4.69, 9.17) is 5.73 Å². The van der Waals surface area contributed by atoms with Crippen molar-refractivity contribution >= 4 is 52.3 Å². The molecular weight excluding hydrogens is 476 g/mol. The van der Waals surface area contributed by atoms with Crippen LogP contribution in [0.5, 0.6) is 0 Å². The van der Waals surface area contributed by atoms with Crippen molar-refractivity contribution in [3.05, 3.63) is 105 Å². The fourth-order valence-electron chi connectivity index (χ4n) is 4.06. The normalized spacial score (nSPS) is 16.7. The van der Waals surface area contributed by atoms with Crippen LogP contribution >= 0.6 is 0 Å². The van der Waals surface area contributed by atoms with Gasteiger partial charge in [0.2, 0.25) is 0 Å². The molecule has 0 bridgehead atoms. The summed E-state index contributed by atoms with van der Waals surface area (Å²) in [5.41, 5.74) is 10.2. The Kier molecular flexibility index (Phi) is 5.96. The van der Waals surface area contributed by atoms with Crippen LogP contribution in [-0.2, 0) is 16.1 Å². The molecule has 6 N–H and O–H groups in total. The molecule has 0 aromatic heterocycles. The molecule has 2 aliphatic heterocycles. The van der Waals surface area contributed by atoms with Gasteiger partial charge in [0.25, 0.3) is 17.5 Å². The summed E-state index contributed by atoms with van der Waals surface area (Å²) in [7, 11) is 0. The number of nitrogens with one attached hydrogen (secondary N) is 4. The maximum atomic E-state index is 13.1. The molecule has 0 unspecified atom stereocenters. The number of amides is 4. The Hall–Kier alpha value is -5.29. The van der Waals surface area contributed by atoms with Crippen LogP contribution in [-0.4, -0.2) is 22.8 Å². The molecule has 1 saturated heterocycles. The van der Waals surface area contributed by atoms with Gasteiger partial charge in [0.05, 0.1) is 16.2 Å². The van der Waals surface area contributed by atoms with Crippen molar-refractivity contribution in [2.75, 3.05) is 10.6 Å². The van der Waals surface area contributed by atoms with Crippen molar-refractivity contribution in [1.82, 2.24) is 10.6 Å². The number of benzene rings is 3.